The van der Waals surface area contributed by atoms with Crippen LogP contribution in [0.4, 0.5) is 0 Å². The van der Waals surface area contributed by atoms with Gasteiger partial charge in [-0.3, -0.25) is 13.8 Å². The molecule has 0 aromatic heterocycles. The summed E-state index contributed by atoms with van der Waals surface area (Å²) in [6.45, 7) is 3.66. The van der Waals surface area contributed by atoms with Gasteiger partial charge in [0.2, 0.25) is 5.91 Å². The quantitative estimate of drug-likeness (QED) is 0.0286. The van der Waals surface area contributed by atoms with Crippen molar-refractivity contribution in [3.63, 3.8) is 0 Å². The summed E-state index contributed by atoms with van der Waals surface area (Å²) in [6, 6.07) is -1.16. The number of phosphoric ester groups is 1. The zero-order chi connectivity index (χ0) is 37.4. The molecule has 0 spiro atoms. The number of unbranched alkanes of at least 4 members (excludes halogenated alkanes) is 16. The van der Waals surface area contributed by atoms with E-state index in [1.807, 2.05) is 12.2 Å². The van der Waals surface area contributed by atoms with E-state index in [1.54, 1.807) is 0 Å². The van der Waals surface area contributed by atoms with Crippen LogP contribution in [0, 0.1) is 0 Å². The largest absolute Gasteiger partial charge is 0.472 e. The van der Waals surface area contributed by atoms with Crippen molar-refractivity contribution in [2.45, 2.75) is 204 Å². The maximum absolute atomic E-state index is 12.8. The minimum absolute atomic E-state index is 0.266. The average molecular weight is 740 g/mol. The third-order valence-electron chi connectivity index (χ3n) is 9.38. The van der Waals surface area contributed by atoms with Gasteiger partial charge in [-0.05, 0) is 25.7 Å². The van der Waals surface area contributed by atoms with Gasteiger partial charge in [0.25, 0.3) is 0 Å². The Morgan fingerprint density at radius 1 is 0.700 bits per heavy atom. The molecule has 1 amide bonds. The molecule has 14 heteroatoms. The number of carbonyl (C=O) groups excluding carboxylic acids is 1. The summed E-state index contributed by atoms with van der Waals surface area (Å²) in [5.41, 5.74) is 0. The van der Waals surface area contributed by atoms with Crippen molar-refractivity contribution >= 4 is 13.7 Å². The minimum atomic E-state index is -5.11. The number of hydrogen-bond acceptors (Lipinski definition) is 11. The Morgan fingerprint density at radius 3 is 1.68 bits per heavy atom. The Hall–Kier alpha value is -0.960. The molecule has 0 aromatic carbocycles. The molecule has 13 nitrogen and oxygen atoms in total. The van der Waals surface area contributed by atoms with Gasteiger partial charge in [-0.15, -0.1) is 0 Å². The lowest BCUT2D eigenvalue weighted by molar-refractivity contribution is -0.220. The van der Waals surface area contributed by atoms with Crippen LogP contribution >= 0.6 is 7.82 Å². The molecule has 50 heavy (non-hydrogen) atoms. The first-order valence-corrected chi connectivity index (χ1v) is 20.7. The van der Waals surface area contributed by atoms with Gasteiger partial charge in [0.15, 0.2) is 0 Å². The van der Waals surface area contributed by atoms with Crippen LogP contribution in [0.5, 0.6) is 0 Å². The van der Waals surface area contributed by atoms with Crippen LogP contribution in [0.3, 0.4) is 0 Å². The summed E-state index contributed by atoms with van der Waals surface area (Å²) in [7, 11) is -5.11. The molecule has 0 saturated heterocycles. The van der Waals surface area contributed by atoms with Crippen molar-refractivity contribution in [1.82, 2.24) is 5.32 Å². The van der Waals surface area contributed by atoms with E-state index in [-0.39, 0.29) is 19.3 Å². The molecule has 1 fully saturated rings. The van der Waals surface area contributed by atoms with Gasteiger partial charge in [-0.25, -0.2) is 4.57 Å². The lowest BCUT2D eigenvalue weighted by Gasteiger charge is -2.41. The van der Waals surface area contributed by atoms with E-state index in [0.717, 1.165) is 51.4 Å². The number of aliphatic hydroxyl groups excluding tert-OH is 7. The molecular weight excluding hydrogens is 669 g/mol. The minimum Gasteiger partial charge on any atom is -0.392 e. The topological polar surface area (TPSA) is 226 Å². The third kappa shape index (κ3) is 20.3. The van der Waals surface area contributed by atoms with E-state index in [0.29, 0.717) is 6.42 Å². The van der Waals surface area contributed by atoms with Crippen molar-refractivity contribution in [3.05, 3.63) is 12.2 Å². The van der Waals surface area contributed by atoms with Crippen molar-refractivity contribution in [3.8, 4) is 0 Å². The molecule has 8 atom stereocenters. The van der Waals surface area contributed by atoms with Crippen molar-refractivity contribution in [2.24, 2.45) is 0 Å². The molecule has 1 saturated carbocycles. The van der Waals surface area contributed by atoms with Crippen LogP contribution < -0.4 is 5.32 Å². The van der Waals surface area contributed by atoms with Crippen molar-refractivity contribution in [1.29, 1.82) is 0 Å². The van der Waals surface area contributed by atoms with E-state index >= 15 is 0 Å². The Kier molecular flexibility index (Phi) is 26.0. The number of allylic oxidation sites excluding steroid dienone is 1. The first kappa shape index (κ1) is 47.1. The zero-order valence-corrected chi connectivity index (χ0v) is 31.5. The number of hydrogen-bond donors (Lipinski definition) is 9. The highest BCUT2D eigenvalue weighted by Crippen LogP contribution is 2.47. The van der Waals surface area contributed by atoms with E-state index < -0.39 is 75.2 Å². The predicted molar refractivity (Wildman–Crippen MR) is 192 cm³/mol. The van der Waals surface area contributed by atoms with Crippen LogP contribution in [0.2, 0.25) is 0 Å². The molecule has 296 valence electrons. The van der Waals surface area contributed by atoms with Gasteiger partial charge in [0.1, 0.15) is 36.6 Å². The van der Waals surface area contributed by atoms with Crippen molar-refractivity contribution < 1.29 is 59.0 Å². The SMILES string of the molecule is CCCCCC/C=C\CC(O)CC(=O)NC(COP(=O)(O)OC1C(O)C(O)C(O)C(O)C1O)C(O)CCCCCCCCCCCCCCC. The van der Waals surface area contributed by atoms with Crippen LogP contribution in [0.1, 0.15) is 149 Å². The Labute approximate surface area is 300 Å². The highest BCUT2D eigenvalue weighted by atomic mass is 31.2. The van der Waals surface area contributed by atoms with Crippen LogP contribution in [0.15, 0.2) is 12.2 Å². The molecule has 0 bridgehead atoms. The Morgan fingerprint density at radius 2 is 1.16 bits per heavy atom. The number of aliphatic hydroxyl groups is 7. The standard InChI is InChI=1S/C36H70NO12P/c1-3-5-7-9-11-12-13-14-15-16-18-20-22-24-29(39)28(37-30(40)25-27(38)23-21-19-17-10-8-6-4-2)26-48-50(46,47)49-36-34(44)32(42)31(41)33(43)35(36)45/h19,21,27-29,31-36,38-39,41-45H,3-18,20,22-26H2,1-2H3,(H,37,40)(H,46,47)/b21-19-. The summed E-state index contributed by atoms with van der Waals surface area (Å²) in [6.07, 6.45) is 10.4. The highest BCUT2D eigenvalue weighted by molar-refractivity contribution is 7.47. The predicted octanol–water partition coefficient (Wildman–Crippen LogP) is 4.30. The molecule has 1 aliphatic carbocycles. The van der Waals surface area contributed by atoms with E-state index in [9.17, 15) is 50.0 Å². The summed E-state index contributed by atoms with van der Waals surface area (Å²) in [4.78, 5) is 23.2. The summed E-state index contributed by atoms with van der Waals surface area (Å²) in [5, 5.41) is 73.9. The third-order valence-corrected chi connectivity index (χ3v) is 10.4. The molecule has 1 aliphatic rings. The summed E-state index contributed by atoms with van der Waals surface area (Å²) >= 11 is 0. The molecule has 9 N–H and O–H groups in total. The molecule has 8 unspecified atom stereocenters. The lowest BCUT2D eigenvalue weighted by Crippen LogP contribution is -2.64. The number of nitrogens with one attached hydrogen (secondary N) is 1. The second-order valence-corrected chi connectivity index (χ2v) is 15.4. The fraction of sp³-hybridized carbons (Fsp3) is 0.917. The molecule has 0 radical (unpaired) electrons. The second kappa shape index (κ2) is 27.6. The molecule has 0 heterocycles. The van der Waals surface area contributed by atoms with E-state index in [4.69, 9.17) is 9.05 Å². The Bertz CT molecular complexity index is 927. The summed E-state index contributed by atoms with van der Waals surface area (Å²) < 4.78 is 22.7. The smallest absolute Gasteiger partial charge is 0.392 e. The van der Waals surface area contributed by atoms with Gasteiger partial charge in [-0.2, -0.15) is 0 Å². The summed E-state index contributed by atoms with van der Waals surface area (Å²) in [5.74, 6) is -0.598. The van der Waals surface area contributed by atoms with Gasteiger partial charge in [0, 0.05) is 0 Å². The molecule has 0 aliphatic heterocycles. The first-order valence-electron chi connectivity index (χ1n) is 19.2. The number of amides is 1. The lowest BCUT2D eigenvalue weighted by atomic mass is 9.85. The van der Waals surface area contributed by atoms with E-state index in [1.165, 1.54) is 57.8 Å². The second-order valence-electron chi connectivity index (χ2n) is 14.0. The number of phosphoric acid groups is 1. The zero-order valence-electron chi connectivity index (χ0n) is 30.6. The first-order chi connectivity index (χ1) is 23.8. The van der Waals surface area contributed by atoms with E-state index in [2.05, 4.69) is 19.2 Å². The van der Waals surface area contributed by atoms with Gasteiger partial charge < -0.3 is 46.0 Å². The fourth-order valence-corrected chi connectivity index (χ4v) is 7.09. The highest BCUT2D eigenvalue weighted by Gasteiger charge is 2.51. The molecular formula is C36H70NO12P. The molecule has 0 aromatic rings. The maximum Gasteiger partial charge on any atom is 0.472 e. The van der Waals surface area contributed by atoms with Crippen LogP contribution in [-0.4, -0.2) is 108 Å². The van der Waals surface area contributed by atoms with Gasteiger partial charge in [0.05, 0.1) is 31.3 Å². The van der Waals surface area contributed by atoms with Crippen LogP contribution in [-0.2, 0) is 18.4 Å². The normalized spacial score (nSPS) is 25.7. The monoisotopic (exact) mass is 739 g/mol. The van der Waals surface area contributed by atoms with Crippen LogP contribution in [0.25, 0.3) is 0 Å². The number of rotatable bonds is 30. The molecule has 1 rings (SSSR count). The van der Waals surface area contributed by atoms with Gasteiger partial charge in [-0.1, -0.05) is 129 Å². The van der Waals surface area contributed by atoms with Crippen molar-refractivity contribution in [2.75, 3.05) is 6.61 Å². The Balaban J connectivity index is 2.65. The fourth-order valence-electron chi connectivity index (χ4n) is 6.12. The maximum atomic E-state index is 12.8. The van der Waals surface area contributed by atoms with Gasteiger partial charge >= 0.3 is 7.82 Å². The number of carbonyl (C=O) groups is 1. The average Bonchev–Trinajstić information content (AvgIpc) is 3.08.